The fourth-order valence-electron chi connectivity index (χ4n) is 0.679. The molecule has 0 bridgehead atoms. The van der Waals surface area contributed by atoms with Gasteiger partial charge in [0.15, 0.2) is 12.4 Å². The maximum atomic E-state index is 10.00. The highest BCUT2D eigenvalue weighted by Gasteiger charge is 2.31. The number of hydrogen-bond donors (Lipinski definition) is 4. The first-order chi connectivity index (χ1) is 5.54. The molecule has 6 heteroatoms. The van der Waals surface area contributed by atoms with Crippen molar-refractivity contribution in [1.29, 1.82) is 0 Å². The topological polar surface area (TPSA) is 107 Å². The summed E-state index contributed by atoms with van der Waals surface area (Å²) in [5.41, 5.74) is 0. The summed E-state index contributed by atoms with van der Waals surface area (Å²) in [4.78, 5) is 13.6. The first kappa shape index (κ1) is 11.5. The molecular formula is C6H12O6. The highest BCUT2D eigenvalue weighted by atomic mass is 17.1. The third-order valence-corrected chi connectivity index (χ3v) is 1.43. The van der Waals surface area contributed by atoms with E-state index < -0.39 is 24.4 Å². The van der Waals surface area contributed by atoms with Gasteiger partial charge in [0.05, 0.1) is 6.10 Å². The standard InChI is InChI=1S/C6H12O6/c1-3(8)5(10)6(12-11)4(9)2-7/h2-6,8-11H,1H3. The fourth-order valence-corrected chi connectivity index (χ4v) is 0.679. The highest BCUT2D eigenvalue weighted by molar-refractivity contribution is 5.56. The van der Waals surface area contributed by atoms with Crippen molar-refractivity contribution in [2.24, 2.45) is 0 Å². The van der Waals surface area contributed by atoms with Gasteiger partial charge in [0, 0.05) is 0 Å². The van der Waals surface area contributed by atoms with E-state index in [-0.39, 0.29) is 6.29 Å². The zero-order chi connectivity index (χ0) is 9.72. The molecule has 0 aromatic heterocycles. The van der Waals surface area contributed by atoms with Crippen LogP contribution < -0.4 is 0 Å². The molecular weight excluding hydrogens is 168 g/mol. The van der Waals surface area contributed by atoms with E-state index in [1.54, 1.807) is 0 Å². The zero-order valence-electron chi connectivity index (χ0n) is 6.49. The smallest absolute Gasteiger partial charge is 0.153 e. The van der Waals surface area contributed by atoms with Gasteiger partial charge < -0.3 is 20.1 Å². The van der Waals surface area contributed by atoms with E-state index in [0.717, 1.165) is 0 Å². The van der Waals surface area contributed by atoms with E-state index in [9.17, 15) is 4.79 Å². The monoisotopic (exact) mass is 180 g/mol. The third-order valence-electron chi connectivity index (χ3n) is 1.43. The number of aldehydes is 1. The van der Waals surface area contributed by atoms with Crippen molar-refractivity contribution in [2.75, 3.05) is 0 Å². The molecule has 0 aromatic carbocycles. The summed E-state index contributed by atoms with van der Waals surface area (Å²) in [5.74, 6) is 0. The number of rotatable bonds is 5. The number of hydrogen-bond acceptors (Lipinski definition) is 6. The number of aliphatic hydroxyl groups excluding tert-OH is 3. The van der Waals surface area contributed by atoms with Crippen LogP contribution in [0.2, 0.25) is 0 Å². The van der Waals surface area contributed by atoms with Crippen molar-refractivity contribution in [2.45, 2.75) is 31.3 Å². The minimum absolute atomic E-state index is 0.0898. The van der Waals surface area contributed by atoms with Gasteiger partial charge in [0.2, 0.25) is 0 Å². The molecule has 0 saturated carbocycles. The number of aliphatic hydroxyl groups is 3. The third kappa shape index (κ3) is 2.84. The van der Waals surface area contributed by atoms with Crippen molar-refractivity contribution in [3.05, 3.63) is 0 Å². The fraction of sp³-hybridized carbons (Fsp3) is 0.833. The van der Waals surface area contributed by atoms with E-state index in [2.05, 4.69) is 4.89 Å². The summed E-state index contributed by atoms with van der Waals surface area (Å²) >= 11 is 0. The molecule has 6 nitrogen and oxygen atoms in total. The van der Waals surface area contributed by atoms with Crippen LogP contribution in [0.15, 0.2) is 0 Å². The maximum absolute atomic E-state index is 10.00. The van der Waals surface area contributed by atoms with Crippen molar-refractivity contribution in [3.63, 3.8) is 0 Å². The summed E-state index contributed by atoms with van der Waals surface area (Å²) in [6.07, 6.45) is -5.83. The Balaban J connectivity index is 4.22. The van der Waals surface area contributed by atoms with Gasteiger partial charge >= 0.3 is 0 Å². The lowest BCUT2D eigenvalue weighted by molar-refractivity contribution is -0.316. The average Bonchev–Trinajstić information content (AvgIpc) is 2.05. The molecule has 0 rings (SSSR count). The predicted molar refractivity (Wildman–Crippen MR) is 37.3 cm³/mol. The van der Waals surface area contributed by atoms with E-state index in [4.69, 9.17) is 20.6 Å². The second kappa shape index (κ2) is 5.18. The molecule has 0 radical (unpaired) electrons. The molecule has 0 amide bonds. The maximum Gasteiger partial charge on any atom is 0.153 e. The van der Waals surface area contributed by atoms with Gasteiger partial charge in [0.25, 0.3) is 0 Å². The van der Waals surface area contributed by atoms with E-state index in [1.807, 2.05) is 0 Å². The van der Waals surface area contributed by atoms with Crippen LogP contribution >= 0.6 is 0 Å². The molecule has 4 atom stereocenters. The van der Waals surface area contributed by atoms with Crippen LogP contribution in [0.3, 0.4) is 0 Å². The molecule has 4 N–H and O–H groups in total. The van der Waals surface area contributed by atoms with Crippen molar-refractivity contribution in [1.82, 2.24) is 0 Å². The van der Waals surface area contributed by atoms with Gasteiger partial charge in [-0.3, -0.25) is 5.26 Å². The van der Waals surface area contributed by atoms with Gasteiger partial charge in [0.1, 0.15) is 12.2 Å². The highest BCUT2D eigenvalue weighted by Crippen LogP contribution is 2.06. The molecule has 72 valence electrons. The van der Waals surface area contributed by atoms with E-state index in [1.165, 1.54) is 6.92 Å². The second-order valence-electron chi connectivity index (χ2n) is 2.43. The summed E-state index contributed by atoms with van der Waals surface area (Å²) in [7, 11) is 0. The SMILES string of the molecule is CC(O)C(O)C(OO)C(O)C=O. The Labute approximate surface area is 68.9 Å². The molecule has 0 spiro atoms. The molecule has 0 aromatic rings. The number of carbonyl (C=O) groups is 1. The van der Waals surface area contributed by atoms with Crippen LogP contribution in [0, 0.1) is 0 Å². The first-order valence-corrected chi connectivity index (χ1v) is 3.34. The Morgan fingerprint density at radius 3 is 2.08 bits per heavy atom. The molecule has 12 heavy (non-hydrogen) atoms. The van der Waals surface area contributed by atoms with E-state index in [0.29, 0.717) is 0 Å². The summed E-state index contributed by atoms with van der Waals surface area (Å²) in [6.45, 7) is 1.23. The largest absolute Gasteiger partial charge is 0.391 e. The summed E-state index contributed by atoms with van der Waals surface area (Å²) < 4.78 is 0. The molecule has 0 heterocycles. The number of carbonyl (C=O) groups excluding carboxylic acids is 1. The Hall–Kier alpha value is -0.530. The van der Waals surface area contributed by atoms with Crippen LogP contribution in [-0.4, -0.2) is 51.3 Å². The molecule has 0 aliphatic rings. The Morgan fingerprint density at radius 1 is 1.33 bits per heavy atom. The van der Waals surface area contributed by atoms with Gasteiger partial charge in [-0.2, -0.15) is 0 Å². The Bertz CT molecular complexity index is 136. The predicted octanol–water partition coefficient (Wildman–Crippen LogP) is -1.85. The molecule has 0 aliphatic carbocycles. The minimum atomic E-state index is -1.67. The van der Waals surface area contributed by atoms with E-state index >= 15 is 0 Å². The van der Waals surface area contributed by atoms with Crippen LogP contribution in [0.1, 0.15) is 6.92 Å². The summed E-state index contributed by atoms with van der Waals surface area (Å²) in [5, 5.41) is 34.8. The minimum Gasteiger partial charge on any atom is -0.391 e. The average molecular weight is 180 g/mol. The van der Waals surface area contributed by atoms with Crippen LogP contribution in [0.25, 0.3) is 0 Å². The van der Waals surface area contributed by atoms with Gasteiger partial charge in [-0.05, 0) is 6.92 Å². The van der Waals surface area contributed by atoms with Crippen LogP contribution in [-0.2, 0) is 9.68 Å². The van der Waals surface area contributed by atoms with Gasteiger partial charge in [-0.25, -0.2) is 4.89 Å². The normalized spacial score (nSPS) is 21.1. The lowest BCUT2D eigenvalue weighted by Gasteiger charge is -2.23. The second-order valence-corrected chi connectivity index (χ2v) is 2.43. The summed E-state index contributed by atoms with van der Waals surface area (Å²) in [6, 6.07) is 0. The Kier molecular flexibility index (Phi) is 4.95. The molecule has 0 fully saturated rings. The first-order valence-electron chi connectivity index (χ1n) is 3.34. The van der Waals surface area contributed by atoms with Crippen molar-refractivity contribution < 1.29 is 30.3 Å². The Morgan fingerprint density at radius 2 is 1.83 bits per heavy atom. The van der Waals surface area contributed by atoms with Crippen molar-refractivity contribution in [3.8, 4) is 0 Å². The molecule has 0 aliphatic heterocycles. The lowest BCUT2D eigenvalue weighted by atomic mass is 10.1. The lowest BCUT2D eigenvalue weighted by Crippen LogP contribution is -2.45. The quantitative estimate of drug-likeness (QED) is 0.225. The zero-order valence-corrected chi connectivity index (χ0v) is 6.49. The van der Waals surface area contributed by atoms with Crippen LogP contribution in [0.4, 0.5) is 0 Å². The van der Waals surface area contributed by atoms with Crippen LogP contribution in [0.5, 0.6) is 0 Å². The van der Waals surface area contributed by atoms with Crippen molar-refractivity contribution >= 4 is 6.29 Å². The molecule has 0 saturated heterocycles. The van der Waals surface area contributed by atoms with Gasteiger partial charge in [-0.1, -0.05) is 0 Å². The van der Waals surface area contributed by atoms with Gasteiger partial charge in [-0.15, -0.1) is 0 Å². The molecule has 4 unspecified atom stereocenters.